The smallest absolute Gasteiger partial charge is 0.250 e. The monoisotopic (exact) mass is 330 g/mol. The maximum Gasteiger partial charge on any atom is 0.250 e. The van der Waals surface area contributed by atoms with Crippen LogP contribution in [0.2, 0.25) is 0 Å². The largest absolute Gasteiger partial charge is 0.366 e. The minimum absolute atomic E-state index is 0. The van der Waals surface area contributed by atoms with Gasteiger partial charge in [-0.2, -0.15) is 0 Å². The summed E-state index contributed by atoms with van der Waals surface area (Å²) in [7, 11) is 0. The molecule has 0 saturated carbocycles. The maximum atomic E-state index is 13.1. The molecule has 4 nitrogen and oxygen atoms in total. The first-order valence-electron chi connectivity index (χ1n) is 7.26. The number of hydrogen-bond donors (Lipinski definition) is 2. The molecule has 1 aromatic carbocycles. The minimum atomic E-state index is -0.468. The van der Waals surface area contributed by atoms with Crippen molar-refractivity contribution in [1.29, 1.82) is 0 Å². The Labute approximate surface area is 137 Å². The van der Waals surface area contributed by atoms with Gasteiger partial charge < -0.3 is 15.4 Å². The predicted octanol–water partition coefficient (Wildman–Crippen LogP) is 2.44. The molecule has 6 heteroatoms. The lowest BCUT2D eigenvalue weighted by Gasteiger charge is -2.34. The molecule has 0 spiro atoms. The molecular formula is C16H24ClFN2O2. The third-order valence-corrected chi connectivity index (χ3v) is 3.58. The molecule has 2 unspecified atom stereocenters. The quantitative estimate of drug-likeness (QED) is 0.895. The summed E-state index contributed by atoms with van der Waals surface area (Å²) in [6.07, 6.45) is -0.468. The highest BCUT2D eigenvalue weighted by Crippen LogP contribution is 2.32. The fourth-order valence-corrected chi connectivity index (χ4v) is 2.42. The minimum Gasteiger partial charge on any atom is -0.366 e. The second-order valence-corrected chi connectivity index (χ2v) is 6.42. The number of ether oxygens (including phenoxy) is 1. The van der Waals surface area contributed by atoms with Crippen molar-refractivity contribution in [2.45, 2.75) is 32.9 Å². The van der Waals surface area contributed by atoms with Crippen molar-refractivity contribution in [1.82, 2.24) is 10.6 Å². The first kappa shape index (κ1) is 18.9. The summed E-state index contributed by atoms with van der Waals surface area (Å²) in [5, 5.41) is 6.18. The van der Waals surface area contributed by atoms with Crippen LogP contribution in [0.5, 0.6) is 0 Å². The third-order valence-electron chi connectivity index (χ3n) is 3.58. The number of morpholine rings is 1. The van der Waals surface area contributed by atoms with E-state index in [1.54, 1.807) is 12.1 Å². The van der Waals surface area contributed by atoms with E-state index in [9.17, 15) is 9.18 Å². The van der Waals surface area contributed by atoms with Gasteiger partial charge in [-0.05, 0) is 23.1 Å². The standard InChI is InChI=1S/C16H23FN2O2.ClH/c1-16(2,3)14(11-4-6-12(17)7-5-11)19-15(20)13-10-18-8-9-21-13;/h4-7,13-14,18H,8-10H2,1-3H3,(H,19,20);1H. The molecule has 1 amide bonds. The van der Waals surface area contributed by atoms with Crippen LogP contribution in [0.3, 0.4) is 0 Å². The molecular weight excluding hydrogens is 307 g/mol. The fraction of sp³-hybridized carbons (Fsp3) is 0.562. The van der Waals surface area contributed by atoms with E-state index < -0.39 is 6.10 Å². The van der Waals surface area contributed by atoms with Gasteiger partial charge in [-0.25, -0.2) is 4.39 Å². The van der Waals surface area contributed by atoms with Crippen LogP contribution in [0.15, 0.2) is 24.3 Å². The first-order chi connectivity index (χ1) is 9.88. The van der Waals surface area contributed by atoms with Gasteiger partial charge in [0.2, 0.25) is 0 Å². The molecule has 2 N–H and O–H groups in total. The van der Waals surface area contributed by atoms with E-state index in [0.717, 1.165) is 12.1 Å². The zero-order chi connectivity index (χ0) is 15.5. The lowest BCUT2D eigenvalue weighted by Crippen LogP contribution is -2.50. The van der Waals surface area contributed by atoms with Crippen LogP contribution in [-0.4, -0.2) is 31.7 Å². The van der Waals surface area contributed by atoms with Crippen LogP contribution in [-0.2, 0) is 9.53 Å². The molecule has 1 saturated heterocycles. The summed E-state index contributed by atoms with van der Waals surface area (Å²) in [6, 6.07) is 6.06. The molecule has 1 heterocycles. The molecule has 1 aliphatic heterocycles. The van der Waals surface area contributed by atoms with Crippen molar-refractivity contribution in [2.24, 2.45) is 5.41 Å². The van der Waals surface area contributed by atoms with Crippen molar-refractivity contribution in [2.75, 3.05) is 19.7 Å². The van der Waals surface area contributed by atoms with E-state index in [0.29, 0.717) is 13.2 Å². The molecule has 1 aliphatic rings. The highest BCUT2D eigenvalue weighted by Gasteiger charge is 2.31. The fourth-order valence-electron chi connectivity index (χ4n) is 2.42. The van der Waals surface area contributed by atoms with Crippen LogP contribution in [0, 0.1) is 11.2 Å². The van der Waals surface area contributed by atoms with Crippen LogP contribution in [0.1, 0.15) is 32.4 Å². The van der Waals surface area contributed by atoms with Crippen molar-refractivity contribution < 1.29 is 13.9 Å². The molecule has 0 bridgehead atoms. The van der Waals surface area contributed by atoms with E-state index in [1.807, 2.05) is 20.8 Å². The van der Waals surface area contributed by atoms with Crippen LogP contribution < -0.4 is 10.6 Å². The van der Waals surface area contributed by atoms with Crippen LogP contribution in [0.25, 0.3) is 0 Å². The third kappa shape index (κ3) is 4.93. The molecule has 2 rings (SSSR count). The highest BCUT2D eigenvalue weighted by molar-refractivity contribution is 5.85. The van der Waals surface area contributed by atoms with E-state index in [-0.39, 0.29) is 35.6 Å². The molecule has 1 fully saturated rings. The number of halogens is 2. The molecule has 1 aromatic rings. The van der Waals surface area contributed by atoms with Gasteiger partial charge in [0.15, 0.2) is 0 Å². The number of carbonyl (C=O) groups excluding carboxylic acids is 1. The van der Waals surface area contributed by atoms with E-state index in [4.69, 9.17) is 4.74 Å². The molecule has 2 atom stereocenters. The zero-order valence-corrected chi connectivity index (χ0v) is 14.0. The second-order valence-electron chi connectivity index (χ2n) is 6.42. The highest BCUT2D eigenvalue weighted by atomic mass is 35.5. The number of amides is 1. The van der Waals surface area contributed by atoms with Crippen LogP contribution in [0.4, 0.5) is 4.39 Å². The summed E-state index contributed by atoms with van der Waals surface area (Å²) in [6.45, 7) is 7.95. The van der Waals surface area contributed by atoms with Gasteiger partial charge >= 0.3 is 0 Å². The molecule has 124 valence electrons. The van der Waals surface area contributed by atoms with E-state index in [1.165, 1.54) is 12.1 Å². The van der Waals surface area contributed by atoms with Gasteiger partial charge in [0.1, 0.15) is 11.9 Å². The maximum absolute atomic E-state index is 13.1. The summed E-state index contributed by atoms with van der Waals surface area (Å²) < 4.78 is 18.6. The molecule has 0 radical (unpaired) electrons. The first-order valence-corrected chi connectivity index (χ1v) is 7.26. The van der Waals surface area contributed by atoms with Gasteiger partial charge in [0, 0.05) is 13.1 Å². The summed E-state index contributed by atoms with van der Waals surface area (Å²) in [5.74, 6) is -0.413. The summed E-state index contributed by atoms with van der Waals surface area (Å²) >= 11 is 0. The van der Waals surface area contributed by atoms with Crippen molar-refractivity contribution in [3.05, 3.63) is 35.6 Å². The topological polar surface area (TPSA) is 50.4 Å². The van der Waals surface area contributed by atoms with Crippen LogP contribution >= 0.6 is 12.4 Å². The number of benzene rings is 1. The Morgan fingerprint density at radius 2 is 2.00 bits per heavy atom. The number of hydrogen-bond acceptors (Lipinski definition) is 3. The van der Waals surface area contributed by atoms with Gasteiger partial charge in [0.05, 0.1) is 12.6 Å². The predicted molar refractivity (Wildman–Crippen MR) is 86.6 cm³/mol. The molecule has 22 heavy (non-hydrogen) atoms. The Balaban J connectivity index is 0.00000242. The number of carbonyl (C=O) groups is 1. The van der Waals surface area contributed by atoms with E-state index in [2.05, 4.69) is 10.6 Å². The van der Waals surface area contributed by atoms with Crippen molar-refractivity contribution >= 4 is 18.3 Å². The second kappa shape index (κ2) is 7.90. The van der Waals surface area contributed by atoms with E-state index >= 15 is 0 Å². The average molecular weight is 331 g/mol. The Morgan fingerprint density at radius 3 is 2.50 bits per heavy atom. The summed E-state index contributed by atoms with van der Waals surface area (Å²) in [5.41, 5.74) is 0.705. The lowest BCUT2D eigenvalue weighted by atomic mass is 9.82. The van der Waals surface area contributed by atoms with Gasteiger partial charge in [-0.1, -0.05) is 32.9 Å². The molecule has 0 aromatic heterocycles. The van der Waals surface area contributed by atoms with Gasteiger partial charge in [-0.3, -0.25) is 4.79 Å². The Hall–Kier alpha value is -1.17. The molecule has 0 aliphatic carbocycles. The van der Waals surface area contributed by atoms with Gasteiger partial charge in [-0.15, -0.1) is 12.4 Å². The van der Waals surface area contributed by atoms with Gasteiger partial charge in [0.25, 0.3) is 5.91 Å². The zero-order valence-electron chi connectivity index (χ0n) is 13.2. The SMILES string of the molecule is CC(C)(C)C(NC(=O)C1CNCCO1)c1ccc(F)cc1.Cl. The lowest BCUT2D eigenvalue weighted by molar-refractivity contribution is -0.135. The average Bonchev–Trinajstić information content (AvgIpc) is 2.45. The Morgan fingerprint density at radius 1 is 1.36 bits per heavy atom. The Bertz CT molecular complexity index is 482. The Kier molecular flexibility index (Phi) is 6.78. The van der Waals surface area contributed by atoms with Crippen molar-refractivity contribution in [3.63, 3.8) is 0 Å². The normalized spacial score (nSPS) is 19.9. The number of rotatable bonds is 3. The van der Waals surface area contributed by atoms with Crippen molar-refractivity contribution in [3.8, 4) is 0 Å². The number of nitrogens with one attached hydrogen (secondary N) is 2. The summed E-state index contributed by atoms with van der Waals surface area (Å²) in [4.78, 5) is 12.3.